The number of amides is 1. The van der Waals surface area contributed by atoms with Gasteiger partial charge in [-0.05, 0) is 91.8 Å². The zero-order chi connectivity index (χ0) is 30.5. The van der Waals surface area contributed by atoms with Crippen LogP contribution >= 0.6 is 0 Å². The van der Waals surface area contributed by atoms with Crippen molar-refractivity contribution in [2.45, 2.75) is 110 Å². The molecule has 0 saturated heterocycles. The van der Waals surface area contributed by atoms with Crippen LogP contribution in [-0.4, -0.2) is 75.9 Å². The number of carboxylic acids is 1. The molecule has 1 amide bonds. The molecule has 0 spiro atoms. The van der Waals surface area contributed by atoms with Gasteiger partial charge in [0, 0.05) is 12.5 Å². The number of carboxylic acid groups (broad SMARTS) is 1. The molecule has 4 saturated carbocycles. The molecule has 10 nitrogen and oxygen atoms in total. The summed E-state index contributed by atoms with van der Waals surface area (Å²) in [6.45, 7) is 8.07. The smallest absolute Gasteiger partial charge is 0.310 e. The van der Waals surface area contributed by atoms with Gasteiger partial charge in [-0.25, -0.2) is 0 Å². The van der Waals surface area contributed by atoms with Crippen LogP contribution in [0.4, 0.5) is 0 Å². The zero-order valence-corrected chi connectivity index (χ0v) is 25.8. The van der Waals surface area contributed by atoms with Crippen molar-refractivity contribution in [1.29, 1.82) is 0 Å². The highest BCUT2D eigenvalue weighted by Gasteiger charge is 2.71. The standard InChI is InChI=1S/C30H51NO9S/c1-17(6-5-7-18(2)26(35)31-12-13-41(38,39)40)20-8-9-21-25-22(14-24(34)29(20,21)4)28(3)11-10-19(32)15-30(28,27(36)37)16-23(25)33/h17-25,32-34H,5-16H2,1-4H3,(H,31,35)(H,36,37)(H,38,39,40)/t17-,18?,19-,20?,21+,22+,23-,24+,25+,28-,29-,30+/m1/s1. The lowest BCUT2D eigenvalue weighted by Crippen LogP contribution is -2.67. The Kier molecular flexibility index (Phi) is 9.29. The van der Waals surface area contributed by atoms with Crippen molar-refractivity contribution in [2.75, 3.05) is 12.3 Å². The Hall–Kier alpha value is -1.27. The van der Waals surface area contributed by atoms with Gasteiger partial charge in [0.15, 0.2) is 0 Å². The molecular formula is C30H51NO9S. The largest absolute Gasteiger partial charge is 0.481 e. The first kappa shape index (κ1) is 32.6. The number of aliphatic hydroxyl groups is 3. The molecule has 0 aromatic heterocycles. The Labute approximate surface area is 244 Å². The number of hydrogen-bond acceptors (Lipinski definition) is 7. The summed E-state index contributed by atoms with van der Waals surface area (Å²) in [5.74, 6) is -1.60. The van der Waals surface area contributed by atoms with Crippen LogP contribution in [0.5, 0.6) is 0 Å². The van der Waals surface area contributed by atoms with Gasteiger partial charge in [0.25, 0.3) is 10.1 Å². The minimum absolute atomic E-state index is 0.0835. The van der Waals surface area contributed by atoms with E-state index in [0.29, 0.717) is 25.7 Å². The fourth-order valence-electron chi connectivity index (χ4n) is 10.2. The minimum atomic E-state index is -4.12. The monoisotopic (exact) mass is 601 g/mol. The topological polar surface area (TPSA) is 181 Å². The van der Waals surface area contributed by atoms with E-state index in [-0.39, 0.29) is 60.8 Å². The molecule has 4 aliphatic rings. The van der Waals surface area contributed by atoms with Crippen molar-refractivity contribution in [1.82, 2.24) is 5.32 Å². The van der Waals surface area contributed by atoms with Crippen LogP contribution in [0.15, 0.2) is 0 Å². The summed E-state index contributed by atoms with van der Waals surface area (Å²) < 4.78 is 30.6. The van der Waals surface area contributed by atoms with Gasteiger partial charge in [-0.15, -0.1) is 0 Å². The zero-order valence-electron chi connectivity index (χ0n) is 25.0. The first-order chi connectivity index (χ1) is 19.0. The third-order valence-electron chi connectivity index (χ3n) is 12.5. The molecule has 4 rings (SSSR count). The van der Waals surface area contributed by atoms with Crippen LogP contribution in [0.1, 0.15) is 91.9 Å². The Bertz CT molecular complexity index is 1100. The molecule has 0 radical (unpaired) electrons. The summed E-state index contributed by atoms with van der Waals surface area (Å²) in [5.41, 5.74) is -2.19. The Morgan fingerprint density at radius 3 is 2.32 bits per heavy atom. The van der Waals surface area contributed by atoms with E-state index < -0.39 is 56.4 Å². The first-order valence-electron chi connectivity index (χ1n) is 15.5. The van der Waals surface area contributed by atoms with Gasteiger partial charge in [0.2, 0.25) is 5.91 Å². The third-order valence-corrected chi connectivity index (χ3v) is 13.2. The number of carbonyl (C=O) groups is 2. The van der Waals surface area contributed by atoms with Crippen LogP contribution in [0.2, 0.25) is 0 Å². The Balaban J connectivity index is 1.43. The highest BCUT2D eigenvalue weighted by atomic mass is 32.2. The predicted molar refractivity (Wildman–Crippen MR) is 152 cm³/mol. The summed E-state index contributed by atoms with van der Waals surface area (Å²) in [5, 5.41) is 46.8. The van der Waals surface area contributed by atoms with E-state index >= 15 is 0 Å². The molecular weight excluding hydrogens is 550 g/mol. The molecule has 11 heteroatoms. The molecule has 4 fully saturated rings. The van der Waals surface area contributed by atoms with Crippen molar-refractivity contribution >= 4 is 22.0 Å². The molecule has 0 heterocycles. The van der Waals surface area contributed by atoms with Crippen LogP contribution in [-0.2, 0) is 19.7 Å². The maximum atomic E-state index is 12.7. The van der Waals surface area contributed by atoms with Gasteiger partial charge < -0.3 is 25.7 Å². The van der Waals surface area contributed by atoms with Crippen LogP contribution in [0.25, 0.3) is 0 Å². The van der Waals surface area contributed by atoms with Crippen LogP contribution in [0, 0.1) is 51.8 Å². The van der Waals surface area contributed by atoms with E-state index in [4.69, 9.17) is 4.55 Å². The van der Waals surface area contributed by atoms with Gasteiger partial charge in [-0.3, -0.25) is 14.1 Å². The molecule has 0 bridgehead atoms. The van der Waals surface area contributed by atoms with Crippen molar-refractivity contribution in [3.63, 3.8) is 0 Å². The van der Waals surface area contributed by atoms with Gasteiger partial charge >= 0.3 is 5.97 Å². The lowest BCUT2D eigenvalue weighted by molar-refractivity contribution is -0.242. The van der Waals surface area contributed by atoms with Gasteiger partial charge in [-0.1, -0.05) is 40.5 Å². The summed E-state index contributed by atoms with van der Waals surface area (Å²) in [6, 6.07) is 0. The number of hydrogen-bond donors (Lipinski definition) is 6. The van der Waals surface area contributed by atoms with E-state index in [1.165, 1.54) is 0 Å². The summed E-state index contributed by atoms with van der Waals surface area (Å²) in [6.07, 6.45) is 3.90. The molecule has 4 aliphatic carbocycles. The van der Waals surface area contributed by atoms with E-state index in [0.717, 1.165) is 25.7 Å². The van der Waals surface area contributed by atoms with Crippen molar-refractivity contribution in [3.8, 4) is 0 Å². The van der Waals surface area contributed by atoms with E-state index in [1.807, 2.05) is 6.92 Å². The molecule has 41 heavy (non-hydrogen) atoms. The lowest BCUT2D eigenvalue weighted by Gasteiger charge is -2.66. The first-order valence-corrected chi connectivity index (χ1v) is 17.1. The fraction of sp³-hybridized carbons (Fsp3) is 0.933. The average Bonchev–Trinajstić information content (AvgIpc) is 3.23. The predicted octanol–water partition coefficient (Wildman–Crippen LogP) is 2.85. The second-order valence-corrected chi connectivity index (χ2v) is 16.0. The molecule has 0 aliphatic heterocycles. The summed E-state index contributed by atoms with van der Waals surface area (Å²) >= 11 is 0. The van der Waals surface area contributed by atoms with E-state index in [2.05, 4.69) is 19.2 Å². The SMILES string of the molecule is CC(CCC[C@@H](C)C1CC[C@H]2[C@@H]3[C@H](O)C[C@]4(C(=O)O)C[C@H](O)CC[C@]4(C)[C@H]3C[C@H](O)[C@]12C)C(=O)NCCS(=O)(=O)O. The normalized spacial score (nSPS) is 43.8. The van der Waals surface area contributed by atoms with E-state index in [9.17, 15) is 38.4 Å². The van der Waals surface area contributed by atoms with Crippen LogP contribution < -0.4 is 5.32 Å². The van der Waals surface area contributed by atoms with Crippen LogP contribution in [0.3, 0.4) is 0 Å². The van der Waals surface area contributed by atoms with Crippen molar-refractivity contribution in [2.24, 2.45) is 51.8 Å². The van der Waals surface area contributed by atoms with Crippen molar-refractivity contribution in [3.05, 3.63) is 0 Å². The number of aliphatic hydroxyl groups excluding tert-OH is 3. The highest BCUT2D eigenvalue weighted by molar-refractivity contribution is 7.85. The number of carbonyl (C=O) groups excluding carboxylic acids is 1. The molecule has 12 atom stereocenters. The molecule has 236 valence electrons. The number of rotatable bonds is 10. The van der Waals surface area contributed by atoms with Gasteiger partial charge in [0.1, 0.15) is 0 Å². The number of nitrogens with one attached hydrogen (secondary N) is 1. The third kappa shape index (κ3) is 5.70. The molecule has 6 N–H and O–H groups in total. The second kappa shape index (κ2) is 11.7. The average molecular weight is 602 g/mol. The Morgan fingerprint density at radius 1 is 1.00 bits per heavy atom. The second-order valence-electron chi connectivity index (χ2n) is 14.5. The van der Waals surface area contributed by atoms with Gasteiger partial charge in [0.05, 0.1) is 29.5 Å². The Morgan fingerprint density at radius 2 is 1.68 bits per heavy atom. The maximum absolute atomic E-state index is 12.7. The quantitative estimate of drug-likeness (QED) is 0.205. The molecule has 2 unspecified atom stereocenters. The molecule has 0 aromatic rings. The van der Waals surface area contributed by atoms with Crippen molar-refractivity contribution < 1.29 is 43.0 Å². The minimum Gasteiger partial charge on any atom is -0.481 e. The number of aliphatic carboxylic acids is 1. The number of fused-ring (bicyclic) bond motifs is 5. The highest BCUT2D eigenvalue weighted by Crippen LogP contribution is 2.71. The lowest BCUT2D eigenvalue weighted by atomic mass is 9.38. The molecule has 0 aromatic carbocycles. The van der Waals surface area contributed by atoms with E-state index in [1.54, 1.807) is 6.92 Å². The summed E-state index contributed by atoms with van der Waals surface area (Å²) in [7, 11) is -4.12. The maximum Gasteiger partial charge on any atom is 0.310 e. The van der Waals surface area contributed by atoms with Gasteiger partial charge in [-0.2, -0.15) is 8.42 Å². The summed E-state index contributed by atoms with van der Waals surface area (Å²) in [4.78, 5) is 25.1. The fourth-order valence-corrected chi connectivity index (χ4v) is 10.5.